The van der Waals surface area contributed by atoms with Crippen LogP contribution in [0.25, 0.3) is 10.8 Å². The van der Waals surface area contributed by atoms with E-state index < -0.39 is 0 Å². The molecule has 0 spiro atoms. The lowest BCUT2D eigenvalue weighted by Crippen LogP contribution is -2.25. The van der Waals surface area contributed by atoms with Gasteiger partial charge >= 0.3 is 5.97 Å². The molecule has 0 radical (unpaired) electrons. The molecule has 2 aliphatic carbocycles. The van der Waals surface area contributed by atoms with Crippen LogP contribution in [0.15, 0.2) is 41.3 Å². The van der Waals surface area contributed by atoms with Crippen LogP contribution >= 0.6 is 0 Å². The molecule has 3 aliphatic rings. The fourth-order valence-corrected chi connectivity index (χ4v) is 7.68. The second kappa shape index (κ2) is 6.35. The lowest BCUT2D eigenvalue weighted by Gasteiger charge is -2.20. The Morgan fingerprint density at radius 3 is 2.48 bits per heavy atom. The molecule has 2 aromatic rings. The van der Waals surface area contributed by atoms with Gasteiger partial charge in [-0.25, -0.2) is 0 Å². The van der Waals surface area contributed by atoms with E-state index in [0.29, 0.717) is 16.8 Å². The Balaban J connectivity index is 1.45. The molecule has 0 N–H and O–H groups in total. The summed E-state index contributed by atoms with van der Waals surface area (Å²) in [6.07, 6.45) is 7.50. The summed E-state index contributed by atoms with van der Waals surface area (Å²) in [5, 5.41) is 2.39. The maximum Gasteiger partial charge on any atom is 0.314 e. The van der Waals surface area contributed by atoms with E-state index in [1.807, 2.05) is 6.07 Å². The number of carbonyl (C=O) groups is 1. The van der Waals surface area contributed by atoms with E-state index in [1.165, 1.54) is 53.9 Å². The van der Waals surface area contributed by atoms with Gasteiger partial charge in [0.25, 0.3) is 0 Å². The number of benzene rings is 2. The number of esters is 1. The van der Waals surface area contributed by atoms with Crippen LogP contribution in [0.3, 0.4) is 0 Å². The zero-order chi connectivity index (χ0) is 16.8. The van der Waals surface area contributed by atoms with Crippen molar-refractivity contribution in [3.63, 3.8) is 0 Å². The molecule has 2 saturated carbocycles. The fraction of sp³-hybridized carbons (Fsp3) is 0.500. The van der Waals surface area contributed by atoms with Gasteiger partial charge in [-0.05, 0) is 62.1 Å². The van der Waals surface area contributed by atoms with Crippen LogP contribution in [0.2, 0.25) is 0 Å². The summed E-state index contributed by atoms with van der Waals surface area (Å²) in [6.45, 7) is 0. The molecule has 3 heteroatoms. The molecular formula is C22H25O2S+. The minimum atomic E-state index is 0.00779. The summed E-state index contributed by atoms with van der Waals surface area (Å²) in [6, 6.07) is 12.7. The maximum atomic E-state index is 12.8. The topological polar surface area (TPSA) is 26.3 Å². The van der Waals surface area contributed by atoms with E-state index in [9.17, 15) is 4.79 Å². The van der Waals surface area contributed by atoms with Crippen molar-refractivity contribution in [2.75, 3.05) is 11.5 Å². The van der Waals surface area contributed by atoms with Crippen molar-refractivity contribution in [3.05, 3.63) is 36.4 Å². The van der Waals surface area contributed by atoms with Crippen LogP contribution in [0.1, 0.15) is 38.5 Å². The predicted molar refractivity (Wildman–Crippen MR) is 103 cm³/mol. The smallest absolute Gasteiger partial charge is 0.314 e. The van der Waals surface area contributed by atoms with Crippen LogP contribution in [0.5, 0.6) is 5.75 Å². The number of hydrogen-bond acceptors (Lipinski definition) is 2. The Morgan fingerprint density at radius 2 is 1.76 bits per heavy atom. The Bertz CT molecular complexity index is 809. The summed E-state index contributed by atoms with van der Waals surface area (Å²) in [5.74, 6) is 4.87. The second-order valence-electron chi connectivity index (χ2n) is 7.92. The van der Waals surface area contributed by atoms with Crippen LogP contribution in [0.4, 0.5) is 0 Å². The monoisotopic (exact) mass is 353 g/mol. The van der Waals surface area contributed by atoms with E-state index in [4.69, 9.17) is 4.74 Å². The third kappa shape index (κ3) is 2.77. The first kappa shape index (κ1) is 15.7. The number of fused-ring (bicyclic) bond motifs is 3. The van der Waals surface area contributed by atoms with E-state index in [0.717, 1.165) is 23.5 Å². The molecule has 3 unspecified atom stereocenters. The summed E-state index contributed by atoms with van der Waals surface area (Å²) in [5.41, 5.74) is 0. The first-order valence-corrected chi connectivity index (χ1v) is 11.3. The molecule has 130 valence electrons. The molecule has 2 bridgehead atoms. The molecule has 0 aromatic heterocycles. The summed E-state index contributed by atoms with van der Waals surface area (Å²) in [4.78, 5) is 14.2. The second-order valence-corrected chi connectivity index (χ2v) is 10.2. The van der Waals surface area contributed by atoms with Crippen LogP contribution in [0, 0.1) is 17.8 Å². The van der Waals surface area contributed by atoms with E-state index in [1.54, 1.807) is 0 Å². The molecule has 2 nitrogen and oxygen atoms in total. The van der Waals surface area contributed by atoms with Gasteiger partial charge < -0.3 is 4.74 Å². The van der Waals surface area contributed by atoms with E-state index >= 15 is 0 Å². The Kier molecular flexibility index (Phi) is 4.00. The largest absolute Gasteiger partial charge is 0.426 e. The first-order valence-electron chi connectivity index (χ1n) is 9.70. The van der Waals surface area contributed by atoms with Gasteiger partial charge in [0, 0.05) is 21.7 Å². The molecule has 2 aromatic carbocycles. The number of rotatable bonds is 3. The van der Waals surface area contributed by atoms with Crippen molar-refractivity contribution in [2.24, 2.45) is 17.8 Å². The highest BCUT2D eigenvalue weighted by Gasteiger charge is 2.44. The van der Waals surface area contributed by atoms with Crippen molar-refractivity contribution >= 4 is 27.6 Å². The molecule has 1 saturated heterocycles. The predicted octanol–water partition coefficient (Wildman–Crippen LogP) is 4.95. The van der Waals surface area contributed by atoms with Gasteiger partial charge in [-0.1, -0.05) is 24.6 Å². The highest BCUT2D eigenvalue weighted by molar-refractivity contribution is 7.97. The van der Waals surface area contributed by atoms with Crippen molar-refractivity contribution in [3.8, 4) is 5.75 Å². The van der Waals surface area contributed by atoms with Crippen molar-refractivity contribution in [1.29, 1.82) is 0 Å². The number of ether oxygens (including phenoxy) is 1. The van der Waals surface area contributed by atoms with Crippen molar-refractivity contribution in [1.82, 2.24) is 0 Å². The third-order valence-corrected chi connectivity index (χ3v) is 8.98. The number of hydrogen-bond donors (Lipinski definition) is 0. The quantitative estimate of drug-likeness (QED) is 0.443. The summed E-state index contributed by atoms with van der Waals surface area (Å²) in [7, 11) is 0.370. The lowest BCUT2D eigenvalue weighted by molar-refractivity contribution is -0.140. The Labute approximate surface area is 152 Å². The third-order valence-electron chi connectivity index (χ3n) is 6.44. The van der Waals surface area contributed by atoms with Gasteiger partial charge in [-0.15, -0.1) is 0 Å². The molecule has 25 heavy (non-hydrogen) atoms. The van der Waals surface area contributed by atoms with Gasteiger partial charge in [0.05, 0.1) is 5.92 Å². The molecule has 3 atom stereocenters. The minimum Gasteiger partial charge on any atom is -0.426 e. The van der Waals surface area contributed by atoms with Crippen LogP contribution in [-0.2, 0) is 15.7 Å². The highest BCUT2D eigenvalue weighted by atomic mass is 32.2. The molecule has 1 aliphatic heterocycles. The minimum absolute atomic E-state index is 0.00779. The van der Waals surface area contributed by atoms with Gasteiger partial charge in [-0.2, -0.15) is 0 Å². The molecule has 0 amide bonds. The van der Waals surface area contributed by atoms with Gasteiger partial charge in [-0.3, -0.25) is 4.79 Å². The van der Waals surface area contributed by atoms with E-state index in [2.05, 4.69) is 30.3 Å². The van der Waals surface area contributed by atoms with Crippen molar-refractivity contribution < 1.29 is 9.53 Å². The average molecular weight is 354 g/mol. The summed E-state index contributed by atoms with van der Waals surface area (Å²) < 4.78 is 5.95. The van der Waals surface area contributed by atoms with Gasteiger partial charge in [0.15, 0.2) is 4.90 Å². The maximum absolute atomic E-state index is 12.8. The standard InChI is InChI=1S/C22H25O2S/c23-22(19-14-15-7-8-16(19)13-15)24-20-9-10-21(25-11-3-4-12-25)18-6-2-1-5-17(18)20/h1-2,5-6,9-10,15-16,19H,3-4,7-8,11-14H2/q+1. The van der Waals surface area contributed by atoms with Crippen LogP contribution in [-0.4, -0.2) is 17.5 Å². The van der Waals surface area contributed by atoms with Crippen molar-refractivity contribution in [2.45, 2.75) is 43.4 Å². The molecule has 5 rings (SSSR count). The molecular weight excluding hydrogens is 328 g/mol. The zero-order valence-corrected chi connectivity index (χ0v) is 15.4. The fourth-order valence-electron chi connectivity index (χ4n) is 5.18. The average Bonchev–Trinajstić information content (AvgIpc) is 3.40. The Hall–Kier alpha value is -1.48. The van der Waals surface area contributed by atoms with Gasteiger partial charge in [0.2, 0.25) is 0 Å². The van der Waals surface area contributed by atoms with Crippen LogP contribution < -0.4 is 4.74 Å². The van der Waals surface area contributed by atoms with Gasteiger partial charge in [0.1, 0.15) is 17.3 Å². The Morgan fingerprint density at radius 1 is 0.960 bits per heavy atom. The molecule has 1 heterocycles. The lowest BCUT2D eigenvalue weighted by atomic mass is 9.89. The van der Waals surface area contributed by atoms with E-state index in [-0.39, 0.29) is 11.9 Å². The normalized spacial score (nSPS) is 28.7. The molecule has 3 fully saturated rings. The highest BCUT2D eigenvalue weighted by Crippen LogP contribution is 2.49. The SMILES string of the molecule is O=C(Oc1ccc([S+]2CCCC2)c2ccccc12)C1CC2CCC1C2. The zero-order valence-electron chi connectivity index (χ0n) is 14.6. The summed E-state index contributed by atoms with van der Waals surface area (Å²) >= 11 is 0. The number of carbonyl (C=O) groups excluding carboxylic acids is 1. The first-order chi connectivity index (χ1) is 12.3.